The zero-order valence-electron chi connectivity index (χ0n) is 12.8. The van der Waals surface area contributed by atoms with Crippen LogP contribution in [-0.4, -0.2) is 13.7 Å². The lowest BCUT2D eigenvalue weighted by Gasteiger charge is -2.04. The summed E-state index contributed by atoms with van der Waals surface area (Å²) in [4.78, 5) is 0.146. The first-order chi connectivity index (χ1) is 11.4. The number of sulfone groups is 1. The van der Waals surface area contributed by atoms with Crippen LogP contribution in [0, 0.1) is 35.0 Å². The molecule has 0 aliphatic heterocycles. The predicted molar refractivity (Wildman–Crippen MR) is 92.7 cm³/mol. The van der Waals surface area contributed by atoms with Crippen molar-refractivity contribution >= 4 is 25.8 Å². The second-order valence-electron chi connectivity index (χ2n) is 5.90. The summed E-state index contributed by atoms with van der Waals surface area (Å²) in [5.74, 6) is -0.646. The number of nitrogens with zero attached hydrogens (tertiary/aromatic N) is 2. The molecule has 0 N–H and O–H groups in total. The highest BCUT2D eigenvalue weighted by molar-refractivity contribution is 9.10. The quantitative estimate of drug-likeness (QED) is 0.785. The van der Waals surface area contributed by atoms with Gasteiger partial charge in [0.25, 0.3) is 0 Å². The monoisotopic (exact) mass is 400 g/mol. The maximum Gasteiger partial charge on any atom is 0.184 e. The van der Waals surface area contributed by atoms with Gasteiger partial charge in [0.15, 0.2) is 15.3 Å². The van der Waals surface area contributed by atoms with Crippen LogP contribution in [0.2, 0.25) is 0 Å². The lowest BCUT2D eigenvalue weighted by atomic mass is 10.0. The summed E-state index contributed by atoms with van der Waals surface area (Å²) in [6, 6.07) is 17.5. The fourth-order valence-electron chi connectivity index (χ4n) is 3.05. The van der Waals surface area contributed by atoms with Crippen molar-refractivity contribution in [2.45, 2.75) is 23.0 Å². The van der Waals surface area contributed by atoms with E-state index in [4.69, 9.17) is 0 Å². The molecule has 3 rings (SSSR count). The summed E-state index contributed by atoms with van der Waals surface area (Å²) in [7, 11) is -3.78. The van der Waals surface area contributed by atoms with E-state index in [1.807, 2.05) is 19.1 Å². The summed E-state index contributed by atoms with van der Waals surface area (Å²) in [5.41, 5.74) is 0.0837. The van der Waals surface area contributed by atoms with E-state index in [2.05, 4.69) is 15.9 Å². The molecular formula is C18H13BrN2O2S. The number of aryl methyl sites for hydroxylation is 1. The minimum Gasteiger partial charge on any atom is -0.223 e. The lowest BCUT2D eigenvalue weighted by Crippen LogP contribution is -2.14. The summed E-state index contributed by atoms with van der Waals surface area (Å²) in [6.45, 7) is 1.87. The van der Waals surface area contributed by atoms with Gasteiger partial charge in [0.05, 0.1) is 17.0 Å². The Kier molecular flexibility index (Phi) is 3.99. The zero-order chi connectivity index (χ0) is 17.5. The molecule has 1 aliphatic rings. The molecule has 2 aromatic carbocycles. The van der Waals surface area contributed by atoms with E-state index >= 15 is 0 Å². The molecule has 1 fully saturated rings. The molecule has 24 heavy (non-hydrogen) atoms. The van der Waals surface area contributed by atoms with Crippen molar-refractivity contribution in [2.75, 3.05) is 0 Å². The number of nitriles is 2. The molecule has 0 aromatic heterocycles. The molecule has 1 saturated carbocycles. The van der Waals surface area contributed by atoms with Crippen molar-refractivity contribution in [3.05, 3.63) is 64.1 Å². The maximum absolute atomic E-state index is 13.0. The highest BCUT2D eigenvalue weighted by Gasteiger charge is 2.73. The van der Waals surface area contributed by atoms with E-state index in [0.29, 0.717) is 5.56 Å². The molecule has 0 heterocycles. The number of benzene rings is 2. The minimum absolute atomic E-state index is 0.146. The van der Waals surface area contributed by atoms with Gasteiger partial charge < -0.3 is 0 Å². The standard InChI is InChI=1S/C18H13BrN2O2S/c1-12-2-8-15(9-3-12)24(22,23)17-16(18(17,10-20)11-21)13-4-6-14(19)7-5-13/h2-9,16-17H,1H3. The fraction of sp³-hybridized carbons (Fsp3) is 0.222. The average molecular weight is 401 g/mol. The Bertz CT molecular complexity index is 954. The third-order valence-electron chi connectivity index (χ3n) is 4.42. The van der Waals surface area contributed by atoms with E-state index in [9.17, 15) is 18.9 Å². The van der Waals surface area contributed by atoms with Crippen LogP contribution in [0.5, 0.6) is 0 Å². The Labute approximate surface area is 149 Å². The van der Waals surface area contributed by atoms with Crippen LogP contribution >= 0.6 is 15.9 Å². The smallest absolute Gasteiger partial charge is 0.184 e. The molecule has 2 aromatic rings. The molecular weight excluding hydrogens is 388 g/mol. The van der Waals surface area contributed by atoms with E-state index in [1.54, 1.807) is 36.4 Å². The summed E-state index contributed by atoms with van der Waals surface area (Å²) in [5, 5.41) is 18.0. The van der Waals surface area contributed by atoms with Crippen LogP contribution in [0.4, 0.5) is 0 Å². The van der Waals surface area contributed by atoms with Gasteiger partial charge >= 0.3 is 0 Å². The second kappa shape index (κ2) is 5.73. The Morgan fingerprint density at radius 3 is 2.04 bits per heavy atom. The number of halogens is 1. The van der Waals surface area contributed by atoms with Gasteiger partial charge in [-0.3, -0.25) is 0 Å². The van der Waals surface area contributed by atoms with Gasteiger partial charge in [-0.2, -0.15) is 10.5 Å². The Morgan fingerprint density at radius 2 is 1.54 bits per heavy atom. The number of hydrogen-bond acceptors (Lipinski definition) is 4. The lowest BCUT2D eigenvalue weighted by molar-refractivity contribution is 0.591. The average Bonchev–Trinajstić information content (AvgIpc) is 3.26. The van der Waals surface area contributed by atoms with Crippen molar-refractivity contribution in [3.63, 3.8) is 0 Å². The van der Waals surface area contributed by atoms with Crippen molar-refractivity contribution in [3.8, 4) is 12.1 Å². The van der Waals surface area contributed by atoms with Gasteiger partial charge in [0.1, 0.15) is 5.25 Å². The van der Waals surface area contributed by atoms with E-state index in [-0.39, 0.29) is 4.90 Å². The van der Waals surface area contributed by atoms with Gasteiger partial charge in [-0.15, -0.1) is 0 Å². The Morgan fingerprint density at radius 1 is 1.00 bits per heavy atom. The SMILES string of the molecule is Cc1ccc(S(=O)(=O)C2C(c3ccc(Br)cc3)C2(C#N)C#N)cc1. The minimum atomic E-state index is -3.78. The molecule has 6 heteroatoms. The van der Waals surface area contributed by atoms with Crippen LogP contribution < -0.4 is 0 Å². The topological polar surface area (TPSA) is 81.7 Å². The largest absolute Gasteiger partial charge is 0.223 e. The van der Waals surface area contributed by atoms with E-state index < -0.39 is 26.4 Å². The molecule has 0 radical (unpaired) electrons. The van der Waals surface area contributed by atoms with Gasteiger partial charge in [-0.25, -0.2) is 8.42 Å². The molecule has 0 spiro atoms. The summed E-state index contributed by atoms with van der Waals surface area (Å²) < 4.78 is 26.8. The van der Waals surface area contributed by atoms with Crippen molar-refractivity contribution in [1.29, 1.82) is 10.5 Å². The van der Waals surface area contributed by atoms with Crippen molar-refractivity contribution in [2.24, 2.45) is 5.41 Å². The summed E-state index contributed by atoms with van der Waals surface area (Å²) in [6.07, 6.45) is 0. The van der Waals surface area contributed by atoms with Gasteiger partial charge in [-0.1, -0.05) is 45.8 Å². The van der Waals surface area contributed by atoms with E-state index in [1.165, 1.54) is 12.1 Å². The number of hydrogen-bond donors (Lipinski definition) is 0. The maximum atomic E-state index is 13.0. The van der Waals surface area contributed by atoms with E-state index in [0.717, 1.165) is 10.0 Å². The molecule has 2 unspecified atom stereocenters. The molecule has 4 nitrogen and oxygen atoms in total. The third kappa shape index (κ3) is 2.43. The second-order valence-corrected chi connectivity index (χ2v) is 8.89. The zero-order valence-corrected chi connectivity index (χ0v) is 15.2. The van der Waals surface area contributed by atoms with Gasteiger partial charge in [0.2, 0.25) is 0 Å². The first-order valence-electron chi connectivity index (χ1n) is 7.25. The molecule has 0 amide bonds. The summed E-state index contributed by atoms with van der Waals surface area (Å²) >= 11 is 3.33. The van der Waals surface area contributed by atoms with Gasteiger partial charge in [0, 0.05) is 10.4 Å². The normalized spacial score (nSPS) is 21.5. The highest BCUT2D eigenvalue weighted by atomic mass is 79.9. The Balaban J connectivity index is 2.09. The van der Waals surface area contributed by atoms with Crippen molar-refractivity contribution in [1.82, 2.24) is 0 Å². The predicted octanol–water partition coefficient (Wildman–Crippen LogP) is 3.73. The molecule has 1 aliphatic carbocycles. The molecule has 0 bridgehead atoms. The number of rotatable bonds is 3. The van der Waals surface area contributed by atoms with Gasteiger partial charge in [-0.05, 0) is 36.8 Å². The molecule has 2 atom stereocenters. The van der Waals surface area contributed by atoms with Crippen LogP contribution in [0.3, 0.4) is 0 Å². The van der Waals surface area contributed by atoms with Crippen molar-refractivity contribution < 1.29 is 8.42 Å². The fourth-order valence-corrected chi connectivity index (χ4v) is 5.52. The first kappa shape index (κ1) is 16.7. The van der Waals surface area contributed by atoms with Crippen LogP contribution in [0.1, 0.15) is 17.0 Å². The van der Waals surface area contributed by atoms with Crippen LogP contribution in [0.25, 0.3) is 0 Å². The Hall–Kier alpha value is -2.15. The van der Waals surface area contributed by atoms with Crippen LogP contribution in [-0.2, 0) is 9.84 Å². The first-order valence-corrected chi connectivity index (χ1v) is 9.59. The highest BCUT2D eigenvalue weighted by Crippen LogP contribution is 2.63. The third-order valence-corrected chi connectivity index (χ3v) is 7.19. The molecule has 0 saturated heterocycles. The molecule has 120 valence electrons. The van der Waals surface area contributed by atoms with Crippen LogP contribution in [0.15, 0.2) is 57.9 Å².